The zero-order valence-corrected chi connectivity index (χ0v) is 13.6. The molecule has 1 aliphatic rings. The summed E-state index contributed by atoms with van der Waals surface area (Å²) in [6, 6.07) is 9.98. The molecule has 1 unspecified atom stereocenters. The van der Waals surface area contributed by atoms with Crippen molar-refractivity contribution in [3.05, 3.63) is 48.0 Å². The van der Waals surface area contributed by atoms with Crippen molar-refractivity contribution in [2.45, 2.75) is 51.6 Å². The van der Waals surface area contributed by atoms with Crippen molar-refractivity contribution in [2.24, 2.45) is 0 Å². The second kappa shape index (κ2) is 8.35. The van der Waals surface area contributed by atoms with E-state index in [-0.39, 0.29) is 0 Å². The van der Waals surface area contributed by atoms with Crippen LogP contribution < -0.4 is 5.32 Å². The van der Waals surface area contributed by atoms with Crippen LogP contribution in [0.2, 0.25) is 0 Å². The van der Waals surface area contributed by atoms with Gasteiger partial charge >= 0.3 is 0 Å². The molecule has 1 aromatic rings. The molecule has 2 nitrogen and oxygen atoms in total. The highest BCUT2D eigenvalue weighted by Gasteiger charge is 2.27. The topological polar surface area (TPSA) is 15.3 Å². The summed E-state index contributed by atoms with van der Waals surface area (Å²) >= 11 is 0. The predicted octanol–water partition coefficient (Wildman–Crippen LogP) is 3.94. The molecule has 2 rings (SSSR count). The smallest absolute Gasteiger partial charge is 0.0239 e. The van der Waals surface area contributed by atoms with Gasteiger partial charge in [-0.3, -0.25) is 4.90 Å². The van der Waals surface area contributed by atoms with E-state index in [9.17, 15) is 0 Å². The van der Waals surface area contributed by atoms with Gasteiger partial charge in [0.15, 0.2) is 0 Å². The van der Waals surface area contributed by atoms with Crippen LogP contribution in [-0.4, -0.2) is 30.6 Å². The monoisotopic (exact) mass is 286 g/mol. The van der Waals surface area contributed by atoms with Crippen LogP contribution in [0.3, 0.4) is 0 Å². The summed E-state index contributed by atoms with van der Waals surface area (Å²) in [7, 11) is 0. The highest BCUT2D eigenvalue weighted by molar-refractivity contribution is 5.25. The lowest BCUT2D eigenvalue weighted by Gasteiger charge is -2.20. The molecular weight excluding hydrogens is 256 g/mol. The lowest BCUT2D eigenvalue weighted by atomic mass is 9.99. The van der Waals surface area contributed by atoms with Crippen molar-refractivity contribution in [1.82, 2.24) is 10.2 Å². The van der Waals surface area contributed by atoms with Crippen molar-refractivity contribution < 1.29 is 0 Å². The number of hydrogen-bond donors (Lipinski definition) is 1. The van der Waals surface area contributed by atoms with Crippen LogP contribution in [0.4, 0.5) is 0 Å². The molecular formula is C19H30N2. The Morgan fingerprint density at radius 3 is 2.62 bits per heavy atom. The molecule has 1 aliphatic carbocycles. The molecule has 1 aromatic carbocycles. The summed E-state index contributed by atoms with van der Waals surface area (Å²) in [5, 5.41) is 3.50. The maximum Gasteiger partial charge on any atom is 0.0239 e. The molecule has 116 valence electrons. The molecule has 2 heteroatoms. The molecule has 1 atom stereocenters. The van der Waals surface area contributed by atoms with Crippen LogP contribution in [-0.2, 0) is 6.54 Å². The lowest BCUT2D eigenvalue weighted by molar-refractivity contribution is 0.284. The van der Waals surface area contributed by atoms with Crippen LogP contribution >= 0.6 is 0 Å². The Morgan fingerprint density at radius 2 is 2.05 bits per heavy atom. The average Bonchev–Trinajstić information content (AvgIpc) is 3.32. The Labute approximate surface area is 130 Å². The van der Waals surface area contributed by atoms with Crippen molar-refractivity contribution in [2.75, 3.05) is 19.6 Å². The standard InChI is InChI=1S/C19H30N2/c1-4-12-20-14-16(3)18-8-6-17(7-9-18)15-21(13-5-2)19-10-11-19/h5-9,16,19-20H,2,4,10-15H2,1,3H3. The molecule has 21 heavy (non-hydrogen) atoms. The Bertz CT molecular complexity index is 420. The third-order valence-electron chi connectivity index (χ3n) is 4.24. The average molecular weight is 286 g/mol. The largest absolute Gasteiger partial charge is 0.316 e. The van der Waals surface area contributed by atoms with E-state index < -0.39 is 0 Å². The van der Waals surface area contributed by atoms with Gasteiger partial charge < -0.3 is 5.32 Å². The first-order chi connectivity index (χ1) is 10.2. The third kappa shape index (κ3) is 5.29. The van der Waals surface area contributed by atoms with E-state index in [1.54, 1.807) is 0 Å². The van der Waals surface area contributed by atoms with Crippen LogP contribution in [0.25, 0.3) is 0 Å². The van der Waals surface area contributed by atoms with Crippen molar-refractivity contribution in [1.29, 1.82) is 0 Å². The van der Waals surface area contributed by atoms with E-state index in [2.05, 4.69) is 54.9 Å². The fourth-order valence-corrected chi connectivity index (χ4v) is 2.75. The zero-order chi connectivity index (χ0) is 15.1. The van der Waals surface area contributed by atoms with Crippen LogP contribution in [0, 0.1) is 0 Å². The minimum Gasteiger partial charge on any atom is -0.316 e. The first-order valence-electron chi connectivity index (χ1n) is 8.39. The highest BCUT2D eigenvalue weighted by Crippen LogP contribution is 2.28. The van der Waals surface area contributed by atoms with E-state index >= 15 is 0 Å². The summed E-state index contributed by atoms with van der Waals surface area (Å²) in [6.45, 7) is 12.6. The molecule has 0 aromatic heterocycles. The van der Waals surface area contributed by atoms with Crippen molar-refractivity contribution in [3.8, 4) is 0 Å². The molecule has 0 heterocycles. The van der Waals surface area contributed by atoms with Gasteiger partial charge in [0.25, 0.3) is 0 Å². The van der Waals surface area contributed by atoms with Gasteiger partial charge in [-0.2, -0.15) is 0 Å². The lowest BCUT2D eigenvalue weighted by Crippen LogP contribution is -2.25. The fourth-order valence-electron chi connectivity index (χ4n) is 2.75. The van der Waals surface area contributed by atoms with Gasteiger partial charge in [0, 0.05) is 25.7 Å². The Morgan fingerprint density at radius 1 is 1.33 bits per heavy atom. The Balaban J connectivity index is 1.87. The van der Waals surface area contributed by atoms with Crippen molar-refractivity contribution >= 4 is 0 Å². The first kappa shape index (κ1) is 16.3. The van der Waals surface area contributed by atoms with Gasteiger partial charge in [-0.05, 0) is 42.9 Å². The molecule has 1 fully saturated rings. The Hall–Kier alpha value is -1.12. The van der Waals surface area contributed by atoms with Gasteiger partial charge in [-0.1, -0.05) is 44.2 Å². The summed E-state index contributed by atoms with van der Waals surface area (Å²) < 4.78 is 0. The van der Waals surface area contributed by atoms with Gasteiger partial charge in [0.1, 0.15) is 0 Å². The van der Waals surface area contributed by atoms with E-state index in [1.165, 1.54) is 30.4 Å². The normalized spacial score (nSPS) is 16.1. The van der Waals surface area contributed by atoms with Crippen molar-refractivity contribution in [3.63, 3.8) is 0 Å². The second-order valence-corrected chi connectivity index (χ2v) is 6.30. The van der Waals surface area contributed by atoms with Gasteiger partial charge in [0.05, 0.1) is 0 Å². The molecule has 0 amide bonds. The maximum atomic E-state index is 3.88. The number of nitrogens with one attached hydrogen (secondary N) is 1. The molecule has 0 bridgehead atoms. The predicted molar refractivity (Wildman–Crippen MR) is 91.6 cm³/mol. The minimum absolute atomic E-state index is 0.582. The quantitative estimate of drug-likeness (QED) is 0.518. The van der Waals surface area contributed by atoms with E-state index in [1.807, 2.05) is 6.08 Å². The molecule has 1 N–H and O–H groups in total. The molecule has 0 spiro atoms. The zero-order valence-electron chi connectivity index (χ0n) is 13.6. The number of benzene rings is 1. The molecule has 0 aliphatic heterocycles. The SMILES string of the molecule is C=CCN(Cc1ccc(C(C)CNCCC)cc1)C1CC1. The second-order valence-electron chi connectivity index (χ2n) is 6.30. The van der Waals surface area contributed by atoms with E-state index in [0.29, 0.717) is 5.92 Å². The fraction of sp³-hybridized carbons (Fsp3) is 0.579. The molecule has 0 radical (unpaired) electrons. The van der Waals surface area contributed by atoms with Crippen LogP contribution in [0.15, 0.2) is 36.9 Å². The van der Waals surface area contributed by atoms with Gasteiger partial charge in [-0.15, -0.1) is 6.58 Å². The van der Waals surface area contributed by atoms with E-state index in [0.717, 1.165) is 32.2 Å². The first-order valence-corrected chi connectivity index (χ1v) is 8.39. The molecule has 0 saturated heterocycles. The summed E-state index contributed by atoms with van der Waals surface area (Å²) in [6.07, 6.45) is 5.93. The summed E-state index contributed by atoms with van der Waals surface area (Å²) in [4.78, 5) is 2.54. The maximum absolute atomic E-state index is 3.88. The van der Waals surface area contributed by atoms with Crippen LogP contribution in [0.5, 0.6) is 0 Å². The van der Waals surface area contributed by atoms with Gasteiger partial charge in [0.2, 0.25) is 0 Å². The Kier molecular flexibility index (Phi) is 6.47. The van der Waals surface area contributed by atoms with E-state index in [4.69, 9.17) is 0 Å². The highest BCUT2D eigenvalue weighted by atomic mass is 15.2. The molecule has 1 saturated carbocycles. The number of hydrogen-bond acceptors (Lipinski definition) is 2. The number of rotatable bonds is 10. The number of nitrogens with zero attached hydrogens (tertiary/aromatic N) is 1. The summed E-state index contributed by atoms with van der Waals surface area (Å²) in [5.41, 5.74) is 2.85. The minimum atomic E-state index is 0.582. The van der Waals surface area contributed by atoms with Gasteiger partial charge in [-0.25, -0.2) is 0 Å². The summed E-state index contributed by atoms with van der Waals surface area (Å²) in [5.74, 6) is 0.582. The van der Waals surface area contributed by atoms with Crippen LogP contribution in [0.1, 0.15) is 50.2 Å². The third-order valence-corrected chi connectivity index (χ3v) is 4.24.